The first kappa shape index (κ1) is 15.1. The number of carbonyl (C=O) groups is 1. The summed E-state index contributed by atoms with van der Waals surface area (Å²) in [6.45, 7) is 3.07. The standard InChI is InChI=1S/C13H18BrFN2O/c1-9(7-16)8-17-13(18)5-2-10-6-11(14)3-4-12(10)15/h3-4,6,9H,2,5,7-8,16H2,1H3,(H,17,18). The van der Waals surface area contributed by atoms with Crippen LogP contribution in [0.5, 0.6) is 0 Å². The minimum Gasteiger partial charge on any atom is -0.356 e. The summed E-state index contributed by atoms with van der Waals surface area (Å²) in [7, 11) is 0. The molecule has 1 aromatic carbocycles. The van der Waals surface area contributed by atoms with Crippen molar-refractivity contribution in [2.45, 2.75) is 19.8 Å². The average molecular weight is 317 g/mol. The van der Waals surface area contributed by atoms with Crippen LogP contribution in [0.15, 0.2) is 22.7 Å². The van der Waals surface area contributed by atoms with Gasteiger partial charge < -0.3 is 11.1 Å². The Balaban J connectivity index is 2.40. The molecule has 5 heteroatoms. The number of nitrogens with two attached hydrogens (primary N) is 1. The third-order valence-electron chi connectivity index (χ3n) is 2.68. The van der Waals surface area contributed by atoms with E-state index in [0.29, 0.717) is 25.1 Å². The number of nitrogens with one attached hydrogen (secondary N) is 1. The van der Waals surface area contributed by atoms with Gasteiger partial charge in [0.25, 0.3) is 0 Å². The molecule has 1 unspecified atom stereocenters. The first-order chi connectivity index (χ1) is 8.52. The molecule has 3 nitrogen and oxygen atoms in total. The van der Waals surface area contributed by atoms with Crippen LogP contribution in [0.3, 0.4) is 0 Å². The molecule has 0 aliphatic heterocycles. The van der Waals surface area contributed by atoms with E-state index in [9.17, 15) is 9.18 Å². The Bertz CT molecular complexity index is 412. The van der Waals surface area contributed by atoms with Crippen LogP contribution in [0.25, 0.3) is 0 Å². The molecule has 18 heavy (non-hydrogen) atoms. The van der Waals surface area contributed by atoms with E-state index in [1.165, 1.54) is 6.07 Å². The molecule has 0 aliphatic carbocycles. The van der Waals surface area contributed by atoms with E-state index in [4.69, 9.17) is 5.73 Å². The SMILES string of the molecule is CC(CN)CNC(=O)CCc1cc(Br)ccc1F. The highest BCUT2D eigenvalue weighted by Gasteiger charge is 2.07. The number of benzene rings is 1. The molecule has 0 saturated heterocycles. The largest absolute Gasteiger partial charge is 0.356 e. The number of amides is 1. The first-order valence-corrected chi connectivity index (χ1v) is 6.73. The van der Waals surface area contributed by atoms with Gasteiger partial charge in [0.05, 0.1) is 0 Å². The number of hydrogen-bond donors (Lipinski definition) is 2. The van der Waals surface area contributed by atoms with Gasteiger partial charge in [-0.15, -0.1) is 0 Å². The maximum atomic E-state index is 13.4. The lowest BCUT2D eigenvalue weighted by molar-refractivity contribution is -0.121. The Morgan fingerprint density at radius 3 is 2.94 bits per heavy atom. The van der Waals surface area contributed by atoms with Crippen molar-refractivity contribution in [3.63, 3.8) is 0 Å². The van der Waals surface area contributed by atoms with Crippen LogP contribution >= 0.6 is 15.9 Å². The molecule has 0 saturated carbocycles. The van der Waals surface area contributed by atoms with Crippen molar-refractivity contribution in [2.24, 2.45) is 11.7 Å². The number of rotatable bonds is 6. The van der Waals surface area contributed by atoms with Gasteiger partial charge in [0.2, 0.25) is 5.91 Å². The topological polar surface area (TPSA) is 55.1 Å². The van der Waals surface area contributed by atoms with Gasteiger partial charge in [-0.1, -0.05) is 22.9 Å². The zero-order valence-corrected chi connectivity index (χ0v) is 12.0. The van der Waals surface area contributed by atoms with Crippen LogP contribution in [-0.4, -0.2) is 19.0 Å². The molecule has 100 valence electrons. The predicted molar refractivity (Wildman–Crippen MR) is 73.6 cm³/mol. The van der Waals surface area contributed by atoms with Gasteiger partial charge in [-0.05, 0) is 42.6 Å². The van der Waals surface area contributed by atoms with E-state index in [0.717, 1.165) is 4.47 Å². The second-order valence-electron chi connectivity index (χ2n) is 4.38. The Hall–Kier alpha value is -0.940. The lowest BCUT2D eigenvalue weighted by Gasteiger charge is -2.10. The number of halogens is 2. The lowest BCUT2D eigenvalue weighted by Crippen LogP contribution is -2.31. The predicted octanol–water partition coefficient (Wildman–Crippen LogP) is 2.23. The summed E-state index contributed by atoms with van der Waals surface area (Å²) in [6.07, 6.45) is 0.679. The minimum atomic E-state index is -0.277. The number of hydrogen-bond acceptors (Lipinski definition) is 2. The Morgan fingerprint density at radius 2 is 2.28 bits per heavy atom. The van der Waals surface area contributed by atoms with E-state index in [2.05, 4.69) is 21.2 Å². The monoisotopic (exact) mass is 316 g/mol. The van der Waals surface area contributed by atoms with Crippen molar-refractivity contribution >= 4 is 21.8 Å². The maximum Gasteiger partial charge on any atom is 0.220 e. The average Bonchev–Trinajstić information content (AvgIpc) is 2.36. The maximum absolute atomic E-state index is 13.4. The molecule has 0 heterocycles. The van der Waals surface area contributed by atoms with Gasteiger partial charge in [-0.25, -0.2) is 4.39 Å². The molecule has 1 rings (SSSR count). The molecule has 0 bridgehead atoms. The molecule has 0 radical (unpaired) electrons. The molecule has 0 spiro atoms. The minimum absolute atomic E-state index is 0.0744. The van der Waals surface area contributed by atoms with Crippen molar-refractivity contribution < 1.29 is 9.18 Å². The molecule has 1 atom stereocenters. The van der Waals surface area contributed by atoms with Crippen LogP contribution in [0.2, 0.25) is 0 Å². The molecular formula is C13H18BrFN2O. The van der Waals surface area contributed by atoms with E-state index in [-0.39, 0.29) is 24.1 Å². The van der Waals surface area contributed by atoms with Crippen molar-refractivity contribution in [1.82, 2.24) is 5.32 Å². The smallest absolute Gasteiger partial charge is 0.220 e. The molecule has 1 amide bonds. The third kappa shape index (κ3) is 5.14. The van der Waals surface area contributed by atoms with Crippen molar-refractivity contribution in [3.8, 4) is 0 Å². The summed E-state index contributed by atoms with van der Waals surface area (Å²) in [6, 6.07) is 4.74. The zero-order chi connectivity index (χ0) is 13.5. The highest BCUT2D eigenvalue weighted by molar-refractivity contribution is 9.10. The molecule has 0 fully saturated rings. The highest BCUT2D eigenvalue weighted by atomic mass is 79.9. The Morgan fingerprint density at radius 1 is 1.56 bits per heavy atom. The molecule has 0 aliphatic rings. The summed E-state index contributed by atoms with van der Waals surface area (Å²) in [5, 5.41) is 2.78. The Kier molecular flexibility index (Phi) is 6.29. The van der Waals surface area contributed by atoms with Crippen LogP contribution in [0.1, 0.15) is 18.9 Å². The molecule has 0 aromatic heterocycles. The van der Waals surface area contributed by atoms with Gasteiger partial charge in [-0.3, -0.25) is 4.79 Å². The van der Waals surface area contributed by atoms with E-state index in [1.54, 1.807) is 12.1 Å². The van der Waals surface area contributed by atoms with Crippen LogP contribution in [0.4, 0.5) is 4.39 Å². The second-order valence-corrected chi connectivity index (χ2v) is 5.30. The van der Waals surface area contributed by atoms with E-state index < -0.39 is 0 Å². The fourth-order valence-corrected chi connectivity index (χ4v) is 1.85. The van der Waals surface area contributed by atoms with E-state index >= 15 is 0 Å². The van der Waals surface area contributed by atoms with E-state index in [1.807, 2.05) is 6.92 Å². The highest BCUT2D eigenvalue weighted by Crippen LogP contribution is 2.16. The van der Waals surface area contributed by atoms with Crippen LogP contribution in [-0.2, 0) is 11.2 Å². The van der Waals surface area contributed by atoms with Gasteiger partial charge >= 0.3 is 0 Å². The summed E-state index contributed by atoms with van der Waals surface area (Å²) in [4.78, 5) is 11.5. The lowest BCUT2D eigenvalue weighted by atomic mass is 10.1. The quantitative estimate of drug-likeness (QED) is 0.845. The van der Waals surface area contributed by atoms with Gasteiger partial charge in [-0.2, -0.15) is 0 Å². The Labute approximate surface area is 115 Å². The fourth-order valence-electron chi connectivity index (χ4n) is 1.44. The normalized spacial score (nSPS) is 12.2. The van der Waals surface area contributed by atoms with Crippen LogP contribution in [0, 0.1) is 11.7 Å². The van der Waals surface area contributed by atoms with Gasteiger partial charge in [0.1, 0.15) is 5.82 Å². The van der Waals surface area contributed by atoms with Gasteiger partial charge in [0.15, 0.2) is 0 Å². The molecule has 1 aromatic rings. The summed E-state index contributed by atoms with van der Waals surface area (Å²) >= 11 is 3.28. The number of aryl methyl sites for hydroxylation is 1. The zero-order valence-electron chi connectivity index (χ0n) is 10.4. The summed E-state index contributed by atoms with van der Waals surface area (Å²) < 4.78 is 14.2. The van der Waals surface area contributed by atoms with Crippen molar-refractivity contribution in [3.05, 3.63) is 34.1 Å². The second kappa shape index (κ2) is 7.48. The first-order valence-electron chi connectivity index (χ1n) is 5.93. The summed E-state index contributed by atoms with van der Waals surface area (Å²) in [5.74, 6) is -0.0902. The number of carbonyl (C=O) groups excluding carboxylic acids is 1. The van der Waals surface area contributed by atoms with Gasteiger partial charge in [0, 0.05) is 17.4 Å². The molecular weight excluding hydrogens is 299 g/mol. The third-order valence-corrected chi connectivity index (χ3v) is 3.17. The summed E-state index contributed by atoms with van der Waals surface area (Å²) in [5.41, 5.74) is 6.00. The molecule has 3 N–H and O–H groups in total. The van der Waals surface area contributed by atoms with Crippen molar-refractivity contribution in [1.29, 1.82) is 0 Å². The van der Waals surface area contributed by atoms with Crippen molar-refractivity contribution in [2.75, 3.05) is 13.1 Å². The van der Waals surface area contributed by atoms with Crippen LogP contribution < -0.4 is 11.1 Å². The fraction of sp³-hybridized carbons (Fsp3) is 0.462.